The fraction of sp³-hybridized carbons (Fsp3) is 0.158. The van der Waals surface area contributed by atoms with Crippen LogP contribution < -0.4 is 4.74 Å². The number of aryl methyl sites for hydroxylation is 2. The maximum atomic E-state index is 11.3. The fourth-order valence-electron chi connectivity index (χ4n) is 2.53. The van der Waals surface area contributed by atoms with Gasteiger partial charge < -0.3 is 4.74 Å². The summed E-state index contributed by atoms with van der Waals surface area (Å²) >= 11 is 6.10. The molecule has 0 N–H and O–H groups in total. The first kappa shape index (κ1) is 16.3. The summed E-state index contributed by atoms with van der Waals surface area (Å²) in [5.74, 6) is 0.803. The molecule has 3 aromatic rings. The van der Waals surface area contributed by atoms with Gasteiger partial charge in [0.2, 0.25) is 0 Å². The van der Waals surface area contributed by atoms with Gasteiger partial charge in [0.15, 0.2) is 6.29 Å². The highest BCUT2D eigenvalue weighted by Crippen LogP contribution is 2.30. The number of ether oxygens (including phenoxy) is 1. The quantitative estimate of drug-likeness (QED) is 0.645. The minimum atomic E-state index is 0.335. The van der Waals surface area contributed by atoms with E-state index in [9.17, 15) is 4.79 Å². The molecule has 0 aliphatic heterocycles. The fourth-order valence-corrected chi connectivity index (χ4v) is 2.70. The average Bonchev–Trinajstić information content (AvgIpc) is 2.89. The van der Waals surface area contributed by atoms with Gasteiger partial charge in [-0.1, -0.05) is 41.9 Å². The van der Waals surface area contributed by atoms with E-state index in [4.69, 9.17) is 16.3 Å². The van der Waals surface area contributed by atoms with Crippen LogP contribution in [-0.4, -0.2) is 16.1 Å². The molecule has 122 valence electrons. The van der Waals surface area contributed by atoms with Crippen molar-refractivity contribution < 1.29 is 9.53 Å². The normalized spacial score (nSPS) is 10.6. The van der Waals surface area contributed by atoms with Crippen molar-refractivity contribution in [2.45, 2.75) is 13.5 Å². The number of hydrogen-bond acceptors (Lipinski definition) is 3. The van der Waals surface area contributed by atoms with E-state index >= 15 is 0 Å². The lowest BCUT2D eigenvalue weighted by Crippen LogP contribution is -1.97. The highest BCUT2D eigenvalue weighted by atomic mass is 35.5. The summed E-state index contributed by atoms with van der Waals surface area (Å²) in [4.78, 5) is 11.3. The highest BCUT2D eigenvalue weighted by molar-refractivity contribution is 6.32. The van der Waals surface area contributed by atoms with Crippen LogP contribution in [0.5, 0.6) is 5.75 Å². The van der Waals surface area contributed by atoms with Crippen molar-refractivity contribution in [3.8, 4) is 17.0 Å². The molecule has 24 heavy (non-hydrogen) atoms. The Bertz CT molecular complexity index is 873. The van der Waals surface area contributed by atoms with Crippen LogP contribution in [0.2, 0.25) is 5.15 Å². The van der Waals surface area contributed by atoms with Gasteiger partial charge in [-0.2, -0.15) is 5.10 Å². The van der Waals surface area contributed by atoms with Crippen molar-refractivity contribution >= 4 is 17.9 Å². The lowest BCUT2D eigenvalue weighted by molar-refractivity contribution is 0.112. The smallest absolute Gasteiger partial charge is 0.155 e. The zero-order valence-corrected chi connectivity index (χ0v) is 14.2. The zero-order chi connectivity index (χ0) is 17.1. The number of aldehydes is 1. The van der Waals surface area contributed by atoms with Crippen LogP contribution >= 0.6 is 11.6 Å². The molecule has 0 aliphatic rings. The minimum Gasteiger partial charge on any atom is -0.489 e. The van der Waals surface area contributed by atoms with Crippen molar-refractivity contribution in [1.82, 2.24) is 9.78 Å². The number of nitrogens with zero attached hydrogens (tertiary/aromatic N) is 2. The van der Waals surface area contributed by atoms with Crippen LogP contribution in [0.25, 0.3) is 11.3 Å². The van der Waals surface area contributed by atoms with Gasteiger partial charge in [0.05, 0.1) is 5.56 Å². The molecular weight excluding hydrogens is 324 g/mol. The van der Waals surface area contributed by atoms with Gasteiger partial charge in [-0.05, 0) is 36.2 Å². The molecule has 0 saturated heterocycles. The standard InChI is InChI=1S/C19H17ClN2O2/c1-13-10-15(18-16(11-23)19(20)22(2)21-18)8-9-17(13)24-12-14-6-4-3-5-7-14/h3-11H,12H2,1-2H3. The van der Waals surface area contributed by atoms with E-state index in [1.165, 1.54) is 4.68 Å². The second-order valence-corrected chi connectivity index (χ2v) is 5.91. The first-order valence-corrected chi connectivity index (χ1v) is 7.93. The molecule has 0 fully saturated rings. The Morgan fingerprint density at radius 1 is 1.21 bits per heavy atom. The Balaban J connectivity index is 1.85. The van der Waals surface area contributed by atoms with Gasteiger partial charge in [0.1, 0.15) is 23.2 Å². The second kappa shape index (κ2) is 6.89. The summed E-state index contributed by atoms with van der Waals surface area (Å²) in [7, 11) is 1.71. The number of hydrogen-bond donors (Lipinski definition) is 0. The molecule has 0 atom stereocenters. The SMILES string of the molecule is Cc1cc(-c2nn(C)c(Cl)c2C=O)ccc1OCc1ccccc1. The molecule has 4 nitrogen and oxygen atoms in total. The van der Waals surface area contributed by atoms with Gasteiger partial charge in [0.25, 0.3) is 0 Å². The third-order valence-corrected chi connectivity index (χ3v) is 4.26. The molecule has 0 bridgehead atoms. The molecule has 0 radical (unpaired) electrons. The van der Waals surface area contributed by atoms with E-state index in [0.717, 1.165) is 28.7 Å². The van der Waals surface area contributed by atoms with E-state index in [2.05, 4.69) is 5.10 Å². The van der Waals surface area contributed by atoms with Crippen LogP contribution in [0.3, 0.4) is 0 Å². The molecule has 5 heteroatoms. The van der Waals surface area contributed by atoms with Crippen LogP contribution in [-0.2, 0) is 13.7 Å². The summed E-state index contributed by atoms with van der Waals surface area (Å²) < 4.78 is 7.37. The van der Waals surface area contributed by atoms with Gasteiger partial charge in [-0.15, -0.1) is 0 Å². The zero-order valence-electron chi connectivity index (χ0n) is 13.5. The predicted molar refractivity (Wildman–Crippen MR) is 94.6 cm³/mol. The Kier molecular flexibility index (Phi) is 4.67. The first-order chi connectivity index (χ1) is 11.6. The van der Waals surface area contributed by atoms with Crippen molar-refractivity contribution in [3.63, 3.8) is 0 Å². The van der Waals surface area contributed by atoms with Crippen LogP contribution in [0, 0.1) is 6.92 Å². The number of halogens is 1. The van der Waals surface area contributed by atoms with E-state index < -0.39 is 0 Å². The number of carbonyl (C=O) groups is 1. The van der Waals surface area contributed by atoms with E-state index in [1.807, 2.05) is 55.5 Å². The lowest BCUT2D eigenvalue weighted by Gasteiger charge is -2.10. The Labute approximate surface area is 145 Å². The Morgan fingerprint density at radius 3 is 2.62 bits per heavy atom. The largest absolute Gasteiger partial charge is 0.489 e. The molecular formula is C19H17ClN2O2. The lowest BCUT2D eigenvalue weighted by atomic mass is 10.1. The molecule has 1 aromatic heterocycles. The van der Waals surface area contributed by atoms with E-state index in [1.54, 1.807) is 7.05 Å². The number of rotatable bonds is 5. The third-order valence-electron chi connectivity index (χ3n) is 3.81. The van der Waals surface area contributed by atoms with Crippen molar-refractivity contribution in [1.29, 1.82) is 0 Å². The summed E-state index contributed by atoms with van der Waals surface area (Å²) in [6.07, 6.45) is 0.736. The summed E-state index contributed by atoms with van der Waals surface area (Å²) in [5.41, 5.74) is 3.90. The molecule has 3 rings (SSSR count). The molecule has 0 spiro atoms. The summed E-state index contributed by atoms with van der Waals surface area (Å²) in [5, 5.41) is 4.66. The van der Waals surface area contributed by atoms with Crippen LogP contribution in [0.1, 0.15) is 21.5 Å². The number of benzene rings is 2. The van der Waals surface area contributed by atoms with Crippen molar-refractivity contribution in [2.75, 3.05) is 0 Å². The average molecular weight is 341 g/mol. The molecule has 1 heterocycles. The van der Waals surface area contributed by atoms with E-state index in [0.29, 0.717) is 23.0 Å². The second-order valence-electron chi connectivity index (χ2n) is 5.55. The van der Waals surface area contributed by atoms with E-state index in [-0.39, 0.29) is 0 Å². The topological polar surface area (TPSA) is 44.1 Å². The van der Waals surface area contributed by atoms with Gasteiger partial charge in [-0.3, -0.25) is 9.48 Å². The van der Waals surface area contributed by atoms with Gasteiger partial charge in [0, 0.05) is 12.6 Å². The van der Waals surface area contributed by atoms with Gasteiger partial charge >= 0.3 is 0 Å². The number of aromatic nitrogens is 2. The van der Waals surface area contributed by atoms with Crippen LogP contribution in [0.4, 0.5) is 0 Å². The Hall–Kier alpha value is -2.59. The molecule has 0 unspecified atom stereocenters. The van der Waals surface area contributed by atoms with Crippen LogP contribution in [0.15, 0.2) is 48.5 Å². The van der Waals surface area contributed by atoms with Gasteiger partial charge in [-0.25, -0.2) is 0 Å². The number of carbonyl (C=O) groups excluding carboxylic acids is 1. The molecule has 0 saturated carbocycles. The van der Waals surface area contributed by atoms with Crippen molar-refractivity contribution in [2.24, 2.45) is 7.05 Å². The predicted octanol–water partition coefficient (Wildman–Crippen LogP) is 4.44. The molecule has 0 aliphatic carbocycles. The third kappa shape index (κ3) is 3.19. The molecule has 0 amide bonds. The highest BCUT2D eigenvalue weighted by Gasteiger charge is 2.16. The summed E-state index contributed by atoms with van der Waals surface area (Å²) in [6, 6.07) is 15.7. The minimum absolute atomic E-state index is 0.335. The van der Waals surface area contributed by atoms with Crippen molar-refractivity contribution in [3.05, 3.63) is 70.4 Å². The molecule has 2 aromatic carbocycles. The first-order valence-electron chi connectivity index (χ1n) is 7.55. The maximum Gasteiger partial charge on any atom is 0.155 e. The monoisotopic (exact) mass is 340 g/mol. The maximum absolute atomic E-state index is 11.3. The Morgan fingerprint density at radius 2 is 1.96 bits per heavy atom. The summed E-state index contributed by atoms with van der Waals surface area (Å²) in [6.45, 7) is 2.48.